The molecule has 1 N–H and O–H groups in total. The van der Waals surface area contributed by atoms with Gasteiger partial charge in [0.1, 0.15) is 5.56 Å². The zero-order valence-corrected chi connectivity index (χ0v) is 12.4. The molecule has 0 fully saturated rings. The number of carbonyl (C=O) groups is 1. The van der Waals surface area contributed by atoms with Crippen LogP contribution in [-0.2, 0) is 0 Å². The molecule has 0 aliphatic carbocycles. The van der Waals surface area contributed by atoms with Gasteiger partial charge in [-0.1, -0.05) is 34.5 Å². The molecule has 0 heterocycles. The second kappa shape index (κ2) is 7.89. The van der Waals surface area contributed by atoms with Crippen LogP contribution in [0.3, 0.4) is 0 Å². The van der Waals surface area contributed by atoms with Crippen molar-refractivity contribution >= 4 is 27.5 Å². The number of aryl methyl sites for hydroxylation is 1. The summed E-state index contributed by atoms with van der Waals surface area (Å²) >= 11 is 3.34. The fourth-order valence-corrected chi connectivity index (χ4v) is 2.17. The van der Waals surface area contributed by atoms with Crippen molar-refractivity contribution in [1.29, 1.82) is 0 Å². The monoisotopic (exact) mass is 328 g/mol. The van der Waals surface area contributed by atoms with E-state index in [1.807, 2.05) is 0 Å². The maximum Gasteiger partial charge on any atom is 0.285 e. The van der Waals surface area contributed by atoms with Crippen LogP contribution in [0.15, 0.2) is 18.2 Å². The van der Waals surface area contributed by atoms with E-state index >= 15 is 0 Å². The molecule has 104 valence electrons. The fourth-order valence-electron chi connectivity index (χ4n) is 1.78. The Morgan fingerprint density at radius 2 is 2.11 bits per heavy atom. The Balaban J connectivity index is 2.67. The van der Waals surface area contributed by atoms with Crippen molar-refractivity contribution in [2.45, 2.75) is 26.2 Å². The molecule has 0 spiro atoms. The summed E-state index contributed by atoms with van der Waals surface area (Å²) in [5.41, 5.74) is 0.517. The summed E-state index contributed by atoms with van der Waals surface area (Å²) in [5.74, 6) is -0.380. The summed E-state index contributed by atoms with van der Waals surface area (Å²) in [7, 11) is 0. The van der Waals surface area contributed by atoms with Crippen molar-refractivity contribution in [3.63, 3.8) is 0 Å². The molecule has 5 nitrogen and oxygen atoms in total. The Bertz CT molecular complexity index is 463. The second-order valence-electron chi connectivity index (χ2n) is 4.23. The molecule has 0 saturated heterocycles. The highest BCUT2D eigenvalue weighted by molar-refractivity contribution is 9.09. The van der Waals surface area contributed by atoms with E-state index in [1.54, 1.807) is 19.1 Å². The van der Waals surface area contributed by atoms with E-state index in [-0.39, 0.29) is 17.2 Å². The molecular weight excluding hydrogens is 312 g/mol. The molecule has 1 amide bonds. The molecule has 0 unspecified atom stereocenters. The summed E-state index contributed by atoms with van der Waals surface area (Å²) in [4.78, 5) is 22.4. The van der Waals surface area contributed by atoms with Crippen molar-refractivity contribution in [2.24, 2.45) is 0 Å². The Morgan fingerprint density at radius 1 is 1.37 bits per heavy atom. The SMILES string of the molecule is Cc1cccc(C(=O)NCCCCCBr)c1[N+](=O)[O-]. The van der Waals surface area contributed by atoms with Gasteiger partial charge in [-0.25, -0.2) is 0 Å². The predicted octanol–water partition coefficient (Wildman–Crippen LogP) is 3.20. The summed E-state index contributed by atoms with van der Waals surface area (Å²) < 4.78 is 0. The molecule has 0 aliphatic heterocycles. The number of nitro groups is 1. The normalized spacial score (nSPS) is 10.2. The van der Waals surface area contributed by atoms with Gasteiger partial charge in [0, 0.05) is 17.4 Å². The molecule has 6 heteroatoms. The average molecular weight is 329 g/mol. The first-order valence-corrected chi connectivity index (χ1v) is 7.28. The average Bonchev–Trinajstić information content (AvgIpc) is 2.37. The highest BCUT2D eigenvalue weighted by Gasteiger charge is 2.21. The highest BCUT2D eigenvalue weighted by atomic mass is 79.9. The summed E-state index contributed by atoms with van der Waals surface area (Å²) in [6.45, 7) is 2.17. The number of benzene rings is 1. The molecule has 1 aromatic rings. The zero-order chi connectivity index (χ0) is 14.3. The fraction of sp³-hybridized carbons (Fsp3) is 0.462. The van der Waals surface area contributed by atoms with Gasteiger partial charge in [-0.2, -0.15) is 0 Å². The first-order chi connectivity index (χ1) is 9.07. The van der Waals surface area contributed by atoms with Gasteiger partial charge in [-0.15, -0.1) is 0 Å². The van der Waals surface area contributed by atoms with Gasteiger partial charge in [0.25, 0.3) is 11.6 Å². The van der Waals surface area contributed by atoms with Crippen LogP contribution in [0.2, 0.25) is 0 Å². The Kier molecular flexibility index (Phi) is 6.49. The van der Waals surface area contributed by atoms with E-state index in [9.17, 15) is 14.9 Å². The maximum atomic E-state index is 11.9. The van der Waals surface area contributed by atoms with Crippen molar-refractivity contribution < 1.29 is 9.72 Å². The standard InChI is InChI=1S/C13H17BrN2O3/c1-10-6-5-7-11(12(10)16(18)19)13(17)15-9-4-2-3-8-14/h5-7H,2-4,8-9H2,1H3,(H,15,17). The van der Waals surface area contributed by atoms with Crippen LogP contribution in [-0.4, -0.2) is 22.7 Å². The summed E-state index contributed by atoms with van der Waals surface area (Å²) in [6, 6.07) is 4.77. The van der Waals surface area contributed by atoms with Crippen molar-refractivity contribution in [1.82, 2.24) is 5.32 Å². The number of hydrogen-bond acceptors (Lipinski definition) is 3. The number of halogens is 1. The van der Waals surface area contributed by atoms with E-state index in [4.69, 9.17) is 0 Å². The van der Waals surface area contributed by atoms with E-state index in [1.165, 1.54) is 6.07 Å². The Labute approximate surface area is 120 Å². The number of hydrogen-bond donors (Lipinski definition) is 1. The number of nitrogens with zero attached hydrogens (tertiary/aromatic N) is 1. The third-order valence-corrected chi connectivity index (χ3v) is 3.32. The largest absolute Gasteiger partial charge is 0.352 e. The molecule has 0 saturated carbocycles. The number of rotatable bonds is 7. The van der Waals surface area contributed by atoms with Gasteiger partial charge >= 0.3 is 0 Å². The number of para-hydroxylation sites is 1. The highest BCUT2D eigenvalue weighted by Crippen LogP contribution is 2.22. The minimum Gasteiger partial charge on any atom is -0.352 e. The van der Waals surface area contributed by atoms with Crippen molar-refractivity contribution in [3.8, 4) is 0 Å². The van der Waals surface area contributed by atoms with Crippen molar-refractivity contribution in [3.05, 3.63) is 39.4 Å². The maximum absolute atomic E-state index is 11.9. The molecule has 0 aromatic heterocycles. The molecular formula is C13H17BrN2O3. The first-order valence-electron chi connectivity index (χ1n) is 6.16. The van der Waals surface area contributed by atoms with Crippen molar-refractivity contribution in [2.75, 3.05) is 11.9 Å². The van der Waals surface area contributed by atoms with Crippen LogP contribution in [0, 0.1) is 17.0 Å². The number of unbranched alkanes of at least 4 members (excludes halogenated alkanes) is 2. The number of nitrogens with one attached hydrogen (secondary N) is 1. The van der Waals surface area contributed by atoms with Gasteiger partial charge in [-0.3, -0.25) is 14.9 Å². The lowest BCUT2D eigenvalue weighted by molar-refractivity contribution is -0.385. The molecule has 0 radical (unpaired) electrons. The summed E-state index contributed by atoms with van der Waals surface area (Å²) in [6.07, 6.45) is 2.94. The van der Waals surface area contributed by atoms with Crippen LogP contribution in [0.4, 0.5) is 5.69 Å². The van der Waals surface area contributed by atoms with Crippen LogP contribution in [0.1, 0.15) is 35.2 Å². The predicted molar refractivity (Wildman–Crippen MR) is 77.8 cm³/mol. The van der Waals surface area contributed by atoms with Gasteiger partial charge in [-0.05, 0) is 25.8 Å². The molecule has 19 heavy (non-hydrogen) atoms. The van der Waals surface area contributed by atoms with Gasteiger partial charge < -0.3 is 5.32 Å². The van der Waals surface area contributed by atoms with Crippen LogP contribution in [0.5, 0.6) is 0 Å². The lowest BCUT2D eigenvalue weighted by atomic mass is 10.1. The molecule has 0 atom stereocenters. The Hall–Kier alpha value is -1.43. The number of alkyl halides is 1. The minimum absolute atomic E-state index is 0.111. The smallest absolute Gasteiger partial charge is 0.285 e. The van der Waals surface area contributed by atoms with E-state index in [0.717, 1.165) is 24.6 Å². The second-order valence-corrected chi connectivity index (χ2v) is 5.03. The van der Waals surface area contributed by atoms with E-state index in [0.29, 0.717) is 12.1 Å². The first kappa shape index (κ1) is 15.6. The van der Waals surface area contributed by atoms with Crippen LogP contribution >= 0.6 is 15.9 Å². The van der Waals surface area contributed by atoms with Gasteiger partial charge in [0.2, 0.25) is 0 Å². The topological polar surface area (TPSA) is 72.2 Å². The molecule has 1 rings (SSSR count). The zero-order valence-electron chi connectivity index (χ0n) is 10.8. The van der Waals surface area contributed by atoms with E-state index in [2.05, 4.69) is 21.2 Å². The van der Waals surface area contributed by atoms with Crippen LogP contribution < -0.4 is 5.32 Å². The quantitative estimate of drug-likeness (QED) is 0.361. The molecule has 0 bridgehead atoms. The van der Waals surface area contributed by atoms with Crippen LogP contribution in [0.25, 0.3) is 0 Å². The lowest BCUT2D eigenvalue weighted by Gasteiger charge is -2.06. The summed E-state index contributed by atoms with van der Waals surface area (Å²) in [5, 5.41) is 14.7. The van der Waals surface area contributed by atoms with Gasteiger partial charge in [0.05, 0.1) is 4.92 Å². The number of carbonyl (C=O) groups excluding carboxylic acids is 1. The number of amides is 1. The molecule has 0 aliphatic rings. The Morgan fingerprint density at radius 3 is 2.74 bits per heavy atom. The third kappa shape index (κ3) is 4.63. The van der Waals surface area contributed by atoms with Gasteiger partial charge in [0.15, 0.2) is 0 Å². The molecule has 1 aromatic carbocycles. The minimum atomic E-state index is -0.505. The van der Waals surface area contributed by atoms with E-state index < -0.39 is 4.92 Å². The lowest BCUT2D eigenvalue weighted by Crippen LogP contribution is -2.25. The number of nitro benzene ring substituents is 1. The third-order valence-electron chi connectivity index (χ3n) is 2.76.